The normalized spacial score (nSPS) is 13.4. The van der Waals surface area contributed by atoms with Gasteiger partial charge in [0.2, 0.25) is 0 Å². The first-order chi connectivity index (χ1) is 7.65. The third-order valence-corrected chi connectivity index (χ3v) is 2.83. The van der Waals surface area contributed by atoms with Crippen molar-refractivity contribution in [3.63, 3.8) is 0 Å². The third-order valence-electron chi connectivity index (χ3n) is 2.83. The molecule has 0 saturated carbocycles. The van der Waals surface area contributed by atoms with Crippen LogP contribution in [0.5, 0.6) is 0 Å². The number of nitrogens with zero attached hydrogens (tertiary/aromatic N) is 1. The van der Waals surface area contributed by atoms with Crippen molar-refractivity contribution in [2.24, 2.45) is 0 Å². The molecule has 0 fully saturated rings. The zero-order valence-electron chi connectivity index (χ0n) is 10.6. The van der Waals surface area contributed by atoms with Crippen LogP contribution >= 0.6 is 0 Å². The van der Waals surface area contributed by atoms with Gasteiger partial charge in [-0.2, -0.15) is 0 Å². The van der Waals surface area contributed by atoms with Crippen LogP contribution in [-0.2, 0) is 0 Å². The maximum absolute atomic E-state index is 10.1. The number of hydrogen-bond acceptors (Lipinski definition) is 2. The summed E-state index contributed by atoms with van der Waals surface area (Å²) in [4.78, 5) is 2.32. The summed E-state index contributed by atoms with van der Waals surface area (Å²) in [5.41, 5.74) is 1.00. The van der Waals surface area contributed by atoms with Crippen molar-refractivity contribution in [2.75, 3.05) is 13.1 Å². The lowest BCUT2D eigenvalue weighted by molar-refractivity contribution is 0.0955. The zero-order chi connectivity index (χ0) is 12.0. The van der Waals surface area contributed by atoms with Crippen molar-refractivity contribution < 1.29 is 5.11 Å². The summed E-state index contributed by atoms with van der Waals surface area (Å²) in [6.07, 6.45) is 0.745. The van der Waals surface area contributed by atoms with Gasteiger partial charge in [-0.25, -0.2) is 0 Å². The van der Waals surface area contributed by atoms with Crippen molar-refractivity contribution in [1.82, 2.24) is 4.90 Å². The minimum absolute atomic E-state index is 0.379. The molecule has 0 aliphatic carbocycles. The van der Waals surface area contributed by atoms with Crippen LogP contribution in [0.15, 0.2) is 30.3 Å². The Labute approximate surface area is 98.9 Å². The van der Waals surface area contributed by atoms with E-state index in [1.54, 1.807) is 0 Å². The van der Waals surface area contributed by atoms with E-state index in [0.29, 0.717) is 6.04 Å². The highest BCUT2D eigenvalue weighted by Crippen LogP contribution is 2.15. The van der Waals surface area contributed by atoms with Gasteiger partial charge in [-0.15, -0.1) is 0 Å². The number of aliphatic hydroxyl groups is 1. The Bertz CT molecular complexity index is 284. The van der Waals surface area contributed by atoms with Gasteiger partial charge in [0.1, 0.15) is 0 Å². The molecule has 0 amide bonds. The van der Waals surface area contributed by atoms with E-state index in [2.05, 4.69) is 25.7 Å². The van der Waals surface area contributed by atoms with Gasteiger partial charge >= 0.3 is 0 Å². The van der Waals surface area contributed by atoms with E-state index in [1.165, 1.54) is 0 Å². The van der Waals surface area contributed by atoms with Crippen LogP contribution in [0, 0.1) is 0 Å². The lowest BCUT2D eigenvalue weighted by atomic mass is 10.1. The average Bonchev–Trinajstić information content (AvgIpc) is 2.29. The topological polar surface area (TPSA) is 23.5 Å². The predicted octanol–water partition coefficient (Wildman–Crippen LogP) is 2.84. The molecule has 0 bridgehead atoms. The molecule has 90 valence electrons. The number of hydrogen-bond donors (Lipinski definition) is 1. The molecule has 0 aliphatic heterocycles. The summed E-state index contributed by atoms with van der Waals surface area (Å²) in [6, 6.07) is 10.4. The quantitative estimate of drug-likeness (QED) is 0.798. The van der Waals surface area contributed by atoms with Gasteiger partial charge in [0.05, 0.1) is 6.10 Å². The van der Waals surface area contributed by atoms with Crippen LogP contribution in [0.25, 0.3) is 0 Å². The maximum Gasteiger partial charge on any atom is 0.0917 e. The Kier molecular flexibility index (Phi) is 5.50. The van der Waals surface area contributed by atoms with E-state index in [1.807, 2.05) is 30.3 Å². The minimum atomic E-state index is -0.379. The largest absolute Gasteiger partial charge is 0.387 e. The average molecular weight is 221 g/mol. The molecule has 1 atom stereocenters. The number of benzene rings is 1. The fourth-order valence-corrected chi connectivity index (χ4v) is 1.85. The van der Waals surface area contributed by atoms with Crippen LogP contribution in [-0.4, -0.2) is 29.1 Å². The van der Waals surface area contributed by atoms with E-state index in [-0.39, 0.29) is 6.10 Å². The molecule has 1 aromatic carbocycles. The van der Waals surface area contributed by atoms with Crippen LogP contribution in [0.3, 0.4) is 0 Å². The lowest BCUT2D eigenvalue weighted by Crippen LogP contribution is -2.35. The molecule has 2 nitrogen and oxygen atoms in total. The third kappa shape index (κ3) is 3.95. The molecule has 16 heavy (non-hydrogen) atoms. The summed E-state index contributed by atoms with van der Waals surface area (Å²) in [5, 5.41) is 10.1. The summed E-state index contributed by atoms with van der Waals surface area (Å²) in [6.45, 7) is 8.28. The molecule has 0 saturated heterocycles. The van der Waals surface area contributed by atoms with E-state index in [9.17, 15) is 5.11 Å². The molecule has 1 N–H and O–H groups in total. The molecule has 0 heterocycles. The molecule has 0 spiro atoms. The fraction of sp³-hybridized carbons (Fsp3) is 0.571. The van der Waals surface area contributed by atoms with E-state index in [0.717, 1.165) is 25.1 Å². The van der Waals surface area contributed by atoms with Gasteiger partial charge in [0.15, 0.2) is 0 Å². The maximum atomic E-state index is 10.1. The van der Waals surface area contributed by atoms with Crippen molar-refractivity contribution in [3.8, 4) is 0 Å². The Hall–Kier alpha value is -0.860. The van der Waals surface area contributed by atoms with E-state index in [4.69, 9.17) is 0 Å². The van der Waals surface area contributed by atoms with Gasteiger partial charge in [0, 0.05) is 12.6 Å². The molecule has 0 radical (unpaired) electrons. The lowest BCUT2D eigenvalue weighted by Gasteiger charge is -2.28. The highest BCUT2D eigenvalue weighted by atomic mass is 16.3. The molecule has 1 unspecified atom stereocenters. The molecular formula is C14H23NO. The van der Waals surface area contributed by atoms with Gasteiger partial charge in [0.25, 0.3) is 0 Å². The standard InChI is InChI=1S/C14H23NO/c1-4-10-15(12(2)3)11-14(16)13-8-6-5-7-9-13/h5-9,12,14,16H,4,10-11H2,1-3H3. The SMILES string of the molecule is CCCN(CC(O)c1ccccc1)C(C)C. The smallest absolute Gasteiger partial charge is 0.0917 e. The number of aliphatic hydroxyl groups excluding tert-OH is 1. The molecule has 0 aromatic heterocycles. The molecular weight excluding hydrogens is 198 g/mol. The molecule has 2 heteroatoms. The van der Waals surface area contributed by atoms with Gasteiger partial charge in [-0.05, 0) is 32.4 Å². The highest BCUT2D eigenvalue weighted by molar-refractivity contribution is 5.17. The summed E-state index contributed by atoms with van der Waals surface area (Å²) in [7, 11) is 0. The van der Waals surface area contributed by atoms with Crippen LogP contribution < -0.4 is 0 Å². The first kappa shape index (κ1) is 13.2. The predicted molar refractivity (Wildman–Crippen MR) is 68.4 cm³/mol. The van der Waals surface area contributed by atoms with Crippen LogP contribution in [0.1, 0.15) is 38.9 Å². The van der Waals surface area contributed by atoms with Crippen LogP contribution in [0.2, 0.25) is 0 Å². The van der Waals surface area contributed by atoms with E-state index < -0.39 is 0 Å². The van der Waals surface area contributed by atoms with E-state index >= 15 is 0 Å². The molecule has 0 aliphatic rings. The fourth-order valence-electron chi connectivity index (χ4n) is 1.85. The Morgan fingerprint density at radius 1 is 1.19 bits per heavy atom. The first-order valence-corrected chi connectivity index (χ1v) is 6.12. The van der Waals surface area contributed by atoms with Crippen molar-refractivity contribution in [2.45, 2.75) is 39.3 Å². The second-order valence-corrected chi connectivity index (χ2v) is 4.52. The van der Waals surface area contributed by atoms with Gasteiger partial charge < -0.3 is 5.11 Å². The van der Waals surface area contributed by atoms with Gasteiger partial charge in [-0.3, -0.25) is 4.90 Å². The zero-order valence-corrected chi connectivity index (χ0v) is 10.6. The monoisotopic (exact) mass is 221 g/mol. The van der Waals surface area contributed by atoms with Crippen LogP contribution in [0.4, 0.5) is 0 Å². The Morgan fingerprint density at radius 3 is 2.31 bits per heavy atom. The number of rotatable bonds is 6. The Balaban J connectivity index is 2.58. The summed E-state index contributed by atoms with van der Waals surface area (Å²) >= 11 is 0. The minimum Gasteiger partial charge on any atom is -0.387 e. The highest BCUT2D eigenvalue weighted by Gasteiger charge is 2.14. The van der Waals surface area contributed by atoms with Crippen molar-refractivity contribution >= 4 is 0 Å². The Morgan fingerprint density at radius 2 is 1.81 bits per heavy atom. The first-order valence-electron chi connectivity index (χ1n) is 6.12. The van der Waals surface area contributed by atoms with Crippen molar-refractivity contribution in [3.05, 3.63) is 35.9 Å². The summed E-state index contributed by atoms with van der Waals surface area (Å²) < 4.78 is 0. The van der Waals surface area contributed by atoms with Crippen molar-refractivity contribution in [1.29, 1.82) is 0 Å². The second kappa shape index (κ2) is 6.66. The van der Waals surface area contributed by atoms with Gasteiger partial charge in [-0.1, -0.05) is 37.3 Å². The molecule has 1 aromatic rings. The molecule has 1 rings (SSSR count). The second-order valence-electron chi connectivity index (χ2n) is 4.52. The summed E-state index contributed by atoms with van der Waals surface area (Å²) in [5.74, 6) is 0.